The summed E-state index contributed by atoms with van der Waals surface area (Å²) < 4.78 is 10.7. The molecule has 3 aromatic rings. The Balaban J connectivity index is 1.42. The molecule has 0 fully saturated rings. The smallest absolute Gasteiger partial charge is 0.257 e. The fraction of sp³-hybridized carbons (Fsp3) is 0.286. The van der Waals surface area contributed by atoms with Crippen LogP contribution in [-0.4, -0.2) is 41.9 Å². The van der Waals surface area contributed by atoms with Gasteiger partial charge in [0.25, 0.3) is 5.91 Å². The zero-order valence-electron chi connectivity index (χ0n) is 16.0. The summed E-state index contributed by atoms with van der Waals surface area (Å²) in [6.07, 6.45) is 1.51. The monoisotopic (exact) mass is 381 g/mol. The molecule has 0 saturated carbocycles. The molecule has 0 aliphatic carbocycles. The molecule has 7 nitrogen and oxygen atoms in total. The number of rotatable bonds is 9. The number of hydrogen-bond donors (Lipinski definition) is 2. The summed E-state index contributed by atoms with van der Waals surface area (Å²) in [5.74, 6) is 1.46. The molecule has 0 radical (unpaired) electrons. The number of hydrogen-bond acceptors (Lipinski definition) is 5. The van der Waals surface area contributed by atoms with Crippen LogP contribution in [0, 0.1) is 0 Å². The number of fused-ring (bicyclic) bond motifs is 1. The number of H-pyrrole nitrogens is 1. The van der Waals surface area contributed by atoms with Gasteiger partial charge in [0.2, 0.25) is 0 Å². The molecule has 1 aromatic heterocycles. The molecule has 3 rings (SSSR count). The molecule has 28 heavy (non-hydrogen) atoms. The molecular formula is C21H23N3O4. The zero-order chi connectivity index (χ0) is 19.9. The fourth-order valence-electron chi connectivity index (χ4n) is 2.81. The summed E-state index contributed by atoms with van der Waals surface area (Å²) in [6.45, 7) is 1.88. The summed E-state index contributed by atoms with van der Waals surface area (Å²) in [5, 5.41) is 2.82. The van der Waals surface area contributed by atoms with Gasteiger partial charge < -0.3 is 19.8 Å². The fourth-order valence-corrected chi connectivity index (χ4v) is 2.81. The lowest BCUT2D eigenvalue weighted by Crippen LogP contribution is -2.30. The number of nitrogens with one attached hydrogen (secondary N) is 2. The van der Waals surface area contributed by atoms with Crippen molar-refractivity contribution >= 4 is 22.7 Å². The highest BCUT2D eigenvalue weighted by Gasteiger charge is 2.10. The van der Waals surface area contributed by atoms with E-state index in [0.717, 1.165) is 29.7 Å². The van der Waals surface area contributed by atoms with Crippen LogP contribution >= 0.6 is 0 Å². The lowest BCUT2D eigenvalue weighted by Gasteiger charge is -2.11. The minimum absolute atomic E-state index is 0.0629. The summed E-state index contributed by atoms with van der Waals surface area (Å²) in [7, 11) is 1.49. The SMILES string of the molecule is COc1cc(C(C)=O)ccc1OCC(=O)NCCCc1nc2ccccc2[nH]1. The first kappa shape index (κ1) is 19.4. The molecule has 0 spiro atoms. The van der Waals surface area contributed by atoms with Crippen molar-refractivity contribution in [3.05, 3.63) is 53.9 Å². The van der Waals surface area contributed by atoms with Gasteiger partial charge in [-0.3, -0.25) is 9.59 Å². The van der Waals surface area contributed by atoms with Crippen LogP contribution < -0.4 is 14.8 Å². The number of Topliss-reactive ketones (excluding diaryl/α,β-unsaturated/α-hetero) is 1. The Morgan fingerprint density at radius 1 is 1.14 bits per heavy atom. The molecule has 0 atom stereocenters. The van der Waals surface area contributed by atoms with Crippen molar-refractivity contribution in [2.75, 3.05) is 20.3 Å². The Labute approximate surface area is 163 Å². The number of carbonyl (C=O) groups excluding carboxylic acids is 2. The predicted molar refractivity (Wildman–Crippen MR) is 106 cm³/mol. The molecule has 0 bridgehead atoms. The van der Waals surface area contributed by atoms with Crippen molar-refractivity contribution in [2.45, 2.75) is 19.8 Å². The Morgan fingerprint density at radius 2 is 1.96 bits per heavy atom. The second-order valence-corrected chi connectivity index (χ2v) is 6.36. The number of ketones is 1. The van der Waals surface area contributed by atoms with Crippen molar-refractivity contribution in [3.63, 3.8) is 0 Å². The Bertz CT molecular complexity index is 948. The number of benzene rings is 2. The van der Waals surface area contributed by atoms with E-state index in [1.54, 1.807) is 18.2 Å². The largest absolute Gasteiger partial charge is 0.493 e. The van der Waals surface area contributed by atoms with Crippen molar-refractivity contribution in [1.82, 2.24) is 15.3 Å². The maximum Gasteiger partial charge on any atom is 0.257 e. The lowest BCUT2D eigenvalue weighted by atomic mass is 10.1. The van der Waals surface area contributed by atoms with Gasteiger partial charge in [-0.05, 0) is 43.7 Å². The molecular weight excluding hydrogens is 358 g/mol. The van der Waals surface area contributed by atoms with E-state index < -0.39 is 0 Å². The van der Waals surface area contributed by atoms with Crippen LogP contribution in [0.3, 0.4) is 0 Å². The standard InChI is InChI=1S/C21H23N3O4/c1-14(25)15-9-10-18(19(12-15)27-2)28-13-21(26)22-11-5-8-20-23-16-6-3-4-7-17(16)24-20/h3-4,6-7,9-10,12H,5,8,11,13H2,1-2H3,(H,22,26)(H,23,24). The number of aromatic nitrogens is 2. The first-order valence-corrected chi connectivity index (χ1v) is 9.09. The molecule has 2 N–H and O–H groups in total. The topological polar surface area (TPSA) is 93.3 Å². The molecule has 0 unspecified atom stereocenters. The molecule has 0 saturated heterocycles. The molecule has 1 amide bonds. The minimum Gasteiger partial charge on any atom is -0.493 e. The molecule has 7 heteroatoms. The molecule has 146 valence electrons. The van der Waals surface area contributed by atoms with E-state index in [1.165, 1.54) is 14.0 Å². The van der Waals surface area contributed by atoms with E-state index in [-0.39, 0.29) is 18.3 Å². The van der Waals surface area contributed by atoms with E-state index in [2.05, 4.69) is 15.3 Å². The summed E-state index contributed by atoms with van der Waals surface area (Å²) in [6, 6.07) is 12.7. The van der Waals surface area contributed by atoms with Gasteiger partial charge in [0.05, 0.1) is 18.1 Å². The zero-order valence-corrected chi connectivity index (χ0v) is 16.0. The number of amides is 1. The number of methoxy groups -OCH3 is 1. The van der Waals surface area contributed by atoms with Crippen LogP contribution in [0.25, 0.3) is 11.0 Å². The van der Waals surface area contributed by atoms with E-state index in [1.807, 2.05) is 24.3 Å². The van der Waals surface area contributed by atoms with Crippen molar-refractivity contribution in [2.24, 2.45) is 0 Å². The maximum atomic E-state index is 12.0. The van der Waals surface area contributed by atoms with Crippen molar-refractivity contribution in [1.29, 1.82) is 0 Å². The number of nitrogens with zero attached hydrogens (tertiary/aromatic N) is 1. The number of aromatic amines is 1. The molecule has 2 aromatic carbocycles. The predicted octanol–water partition coefficient (Wildman–Crippen LogP) is 2.90. The third-order valence-corrected chi connectivity index (χ3v) is 4.28. The highest BCUT2D eigenvalue weighted by molar-refractivity contribution is 5.94. The van der Waals surface area contributed by atoms with Crippen molar-refractivity contribution < 1.29 is 19.1 Å². The summed E-state index contributed by atoms with van der Waals surface area (Å²) in [5.41, 5.74) is 2.48. The van der Waals surface area contributed by atoms with Gasteiger partial charge in [0.15, 0.2) is 23.9 Å². The van der Waals surface area contributed by atoms with Gasteiger partial charge >= 0.3 is 0 Å². The first-order chi connectivity index (χ1) is 13.6. The first-order valence-electron chi connectivity index (χ1n) is 9.09. The Hall–Kier alpha value is -3.35. The van der Waals surface area contributed by atoms with Gasteiger partial charge in [-0.15, -0.1) is 0 Å². The van der Waals surface area contributed by atoms with E-state index in [4.69, 9.17) is 9.47 Å². The van der Waals surface area contributed by atoms with Crippen LogP contribution in [0.5, 0.6) is 11.5 Å². The van der Waals surface area contributed by atoms with Crippen LogP contribution in [0.2, 0.25) is 0 Å². The molecule has 0 aliphatic rings. The minimum atomic E-state index is -0.220. The Kier molecular flexibility index (Phi) is 6.26. The number of para-hydroxylation sites is 2. The highest BCUT2D eigenvalue weighted by atomic mass is 16.5. The van der Waals surface area contributed by atoms with Gasteiger partial charge in [0.1, 0.15) is 5.82 Å². The van der Waals surface area contributed by atoms with Gasteiger partial charge in [0, 0.05) is 18.5 Å². The Morgan fingerprint density at radius 3 is 2.71 bits per heavy atom. The highest BCUT2D eigenvalue weighted by Crippen LogP contribution is 2.28. The van der Waals surface area contributed by atoms with Gasteiger partial charge in [-0.25, -0.2) is 4.98 Å². The van der Waals surface area contributed by atoms with Gasteiger partial charge in [-0.1, -0.05) is 12.1 Å². The second-order valence-electron chi connectivity index (χ2n) is 6.36. The summed E-state index contributed by atoms with van der Waals surface area (Å²) >= 11 is 0. The normalized spacial score (nSPS) is 10.6. The third-order valence-electron chi connectivity index (χ3n) is 4.28. The van der Waals surface area contributed by atoms with Crippen LogP contribution in [0.4, 0.5) is 0 Å². The van der Waals surface area contributed by atoms with Crippen LogP contribution in [-0.2, 0) is 11.2 Å². The molecule has 1 heterocycles. The van der Waals surface area contributed by atoms with Crippen LogP contribution in [0.1, 0.15) is 29.5 Å². The maximum absolute atomic E-state index is 12.0. The number of ether oxygens (including phenoxy) is 2. The quantitative estimate of drug-likeness (QED) is 0.439. The van der Waals surface area contributed by atoms with Gasteiger partial charge in [-0.2, -0.15) is 0 Å². The molecule has 0 aliphatic heterocycles. The number of carbonyl (C=O) groups is 2. The average Bonchev–Trinajstić information content (AvgIpc) is 3.12. The van der Waals surface area contributed by atoms with E-state index in [9.17, 15) is 9.59 Å². The third kappa shape index (κ3) is 4.88. The lowest BCUT2D eigenvalue weighted by molar-refractivity contribution is -0.123. The average molecular weight is 381 g/mol. The summed E-state index contributed by atoms with van der Waals surface area (Å²) in [4.78, 5) is 31.2. The van der Waals surface area contributed by atoms with E-state index >= 15 is 0 Å². The van der Waals surface area contributed by atoms with Crippen LogP contribution in [0.15, 0.2) is 42.5 Å². The number of imidazole rings is 1. The van der Waals surface area contributed by atoms with Crippen molar-refractivity contribution in [3.8, 4) is 11.5 Å². The second kappa shape index (κ2) is 9.03. The van der Waals surface area contributed by atoms with E-state index in [0.29, 0.717) is 23.6 Å². The number of aryl methyl sites for hydroxylation is 1.